The van der Waals surface area contributed by atoms with Gasteiger partial charge in [0, 0.05) is 18.4 Å². The summed E-state index contributed by atoms with van der Waals surface area (Å²) >= 11 is 0. The molecule has 0 aliphatic heterocycles. The van der Waals surface area contributed by atoms with Gasteiger partial charge in [-0.1, -0.05) is 6.92 Å². The minimum Gasteiger partial charge on any atom is -0.368 e. The van der Waals surface area contributed by atoms with Crippen LogP contribution in [0.4, 0.5) is 0 Å². The quantitative estimate of drug-likeness (QED) is 0.667. The van der Waals surface area contributed by atoms with Gasteiger partial charge < -0.3 is 11.1 Å². The molecule has 0 aliphatic carbocycles. The molecule has 1 unspecified atom stereocenters. The standard InChI is InChI=1S/C14H26N4O/c1-4-9-16-14(3,13(15)19)8-5-6-11-18-12(2)7-10-17-18/h7,10,16H,4-6,8-9,11H2,1-3H3,(H2,15,19). The van der Waals surface area contributed by atoms with E-state index in [0.717, 1.165) is 38.8 Å². The van der Waals surface area contributed by atoms with Gasteiger partial charge in [0.05, 0.1) is 5.54 Å². The van der Waals surface area contributed by atoms with Crippen LogP contribution in [0.1, 0.15) is 45.2 Å². The second kappa shape index (κ2) is 7.28. The van der Waals surface area contributed by atoms with Crippen molar-refractivity contribution in [3.05, 3.63) is 18.0 Å². The molecule has 0 aromatic carbocycles. The third-order valence-electron chi connectivity index (χ3n) is 3.53. The first-order valence-electron chi connectivity index (χ1n) is 7.03. The molecule has 1 aromatic rings. The van der Waals surface area contributed by atoms with Crippen LogP contribution in [-0.2, 0) is 11.3 Å². The highest BCUT2D eigenvalue weighted by molar-refractivity contribution is 5.84. The molecule has 0 saturated carbocycles. The molecule has 1 aromatic heterocycles. The molecule has 0 spiro atoms. The number of aromatic nitrogens is 2. The van der Waals surface area contributed by atoms with Crippen LogP contribution >= 0.6 is 0 Å². The third kappa shape index (κ3) is 4.67. The van der Waals surface area contributed by atoms with E-state index < -0.39 is 5.54 Å². The third-order valence-corrected chi connectivity index (χ3v) is 3.53. The Hall–Kier alpha value is -1.36. The van der Waals surface area contributed by atoms with Gasteiger partial charge in [0.2, 0.25) is 5.91 Å². The predicted octanol–water partition coefficient (Wildman–Crippen LogP) is 1.61. The average molecular weight is 266 g/mol. The van der Waals surface area contributed by atoms with E-state index in [2.05, 4.69) is 17.3 Å². The largest absolute Gasteiger partial charge is 0.368 e. The number of carbonyl (C=O) groups excluding carboxylic acids is 1. The number of amides is 1. The maximum atomic E-state index is 11.5. The first-order valence-corrected chi connectivity index (χ1v) is 7.03. The zero-order chi connectivity index (χ0) is 14.3. The molecule has 1 amide bonds. The van der Waals surface area contributed by atoms with Gasteiger partial charge in [-0.2, -0.15) is 5.10 Å². The van der Waals surface area contributed by atoms with Gasteiger partial charge in [0.1, 0.15) is 0 Å². The molecular formula is C14H26N4O. The van der Waals surface area contributed by atoms with E-state index in [0.29, 0.717) is 0 Å². The van der Waals surface area contributed by atoms with E-state index in [-0.39, 0.29) is 5.91 Å². The molecule has 0 saturated heterocycles. The van der Waals surface area contributed by atoms with Gasteiger partial charge in [0.25, 0.3) is 0 Å². The summed E-state index contributed by atoms with van der Waals surface area (Å²) in [6.07, 6.45) is 5.53. The highest BCUT2D eigenvalue weighted by Crippen LogP contribution is 2.14. The molecule has 0 bridgehead atoms. The van der Waals surface area contributed by atoms with E-state index in [4.69, 9.17) is 5.73 Å². The Labute approximate surface area is 115 Å². The van der Waals surface area contributed by atoms with Crippen molar-refractivity contribution < 1.29 is 4.79 Å². The van der Waals surface area contributed by atoms with Gasteiger partial charge in [-0.3, -0.25) is 9.48 Å². The number of hydrogen-bond acceptors (Lipinski definition) is 3. The van der Waals surface area contributed by atoms with Crippen LogP contribution in [0.2, 0.25) is 0 Å². The molecular weight excluding hydrogens is 240 g/mol. The molecule has 108 valence electrons. The first kappa shape index (κ1) is 15.7. The molecule has 1 rings (SSSR count). The van der Waals surface area contributed by atoms with Crippen molar-refractivity contribution in [2.75, 3.05) is 6.54 Å². The Morgan fingerprint density at radius 2 is 2.26 bits per heavy atom. The number of primary amides is 1. The van der Waals surface area contributed by atoms with Crippen molar-refractivity contribution in [1.29, 1.82) is 0 Å². The second-order valence-corrected chi connectivity index (χ2v) is 5.28. The molecule has 0 fully saturated rings. The molecule has 5 nitrogen and oxygen atoms in total. The number of unbranched alkanes of at least 4 members (excludes halogenated alkanes) is 1. The number of nitrogens with two attached hydrogens (primary N) is 1. The summed E-state index contributed by atoms with van der Waals surface area (Å²) in [4.78, 5) is 11.5. The average Bonchev–Trinajstić information content (AvgIpc) is 2.78. The number of rotatable bonds is 9. The number of aryl methyl sites for hydroxylation is 2. The van der Waals surface area contributed by atoms with E-state index in [1.165, 1.54) is 5.69 Å². The SMILES string of the molecule is CCCNC(C)(CCCCn1nccc1C)C(N)=O. The highest BCUT2D eigenvalue weighted by Gasteiger charge is 2.29. The Morgan fingerprint density at radius 1 is 1.53 bits per heavy atom. The van der Waals surface area contributed by atoms with Crippen molar-refractivity contribution >= 4 is 5.91 Å². The monoisotopic (exact) mass is 266 g/mol. The maximum Gasteiger partial charge on any atom is 0.237 e. The normalized spacial score (nSPS) is 14.3. The summed E-state index contributed by atoms with van der Waals surface area (Å²) in [5, 5.41) is 7.50. The van der Waals surface area contributed by atoms with Crippen molar-refractivity contribution in [2.24, 2.45) is 5.73 Å². The fourth-order valence-corrected chi connectivity index (χ4v) is 2.07. The molecule has 0 radical (unpaired) electrons. The van der Waals surface area contributed by atoms with E-state index in [9.17, 15) is 4.79 Å². The molecule has 19 heavy (non-hydrogen) atoms. The van der Waals surface area contributed by atoms with Gasteiger partial charge in [0.15, 0.2) is 0 Å². The number of nitrogens with one attached hydrogen (secondary N) is 1. The van der Waals surface area contributed by atoms with Crippen molar-refractivity contribution in [3.63, 3.8) is 0 Å². The topological polar surface area (TPSA) is 72.9 Å². The molecule has 1 heterocycles. The molecule has 3 N–H and O–H groups in total. The van der Waals surface area contributed by atoms with Crippen LogP contribution < -0.4 is 11.1 Å². The Morgan fingerprint density at radius 3 is 2.79 bits per heavy atom. The summed E-state index contributed by atoms with van der Waals surface area (Å²) in [5.74, 6) is -0.267. The molecule has 1 atom stereocenters. The maximum absolute atomic E-state index is 11.5. The van der Waals surface area contributed by atoms with Crippen LogP contribution in [0.25, 0.3) is 0 Å². The van der Waals surface area contributed by atoms with Crippen LogP contribution in [0.5, 0.6) is 0 Å². The Balaban J connectivity index is 2.36. The lowest BCUT2D eigenvalue weighted by Gasteiger charge is -2.27. The van der Waals surface area contributed by atoms with Crippen molar-refractivity contribution in [1.82, 2.24) is 15.1 Å². The summed E-state index contributed by atoms with van der Waals surface area (Å²) < 4.78 is 1.99. The fourth-order valence-electron chi connectivity index (χ4n) is 2.07. The lowest BCUT2D eigenvalue weighted by atomic mass is 9.93. The summed E-state index contributed by atoms with van der Waals surface area (Å²) in [6, 6.07) is 2.00. The van der Waals surface area contributed by atoms with Crippen molar-refractivity contribution in [3.8, 4) is 0 Å². The minimum absolute atomic E-state index is 0.267. The smallest absolute Gasteiger partial charge is 0.237 e. The zero-order valence-electron chi connectivity index (χ0n) is 12.3. The van der Waals surface area contributed by atoms with E-state index >= 15 is 0 Å². The Kier molecular flexibility index (Phi) is 6.02. The Bertz CT molecular complexity index is 402. The van der Waals surface area contributed by atoms with Crippen LogP contribution in [0, 0.1) is 6.92 Å². The molecule has 0 aliphatic rings. The minimum atomic E-state index is -0.588. The molecule has 5 heteroatoms. The lowest BCUT2D eigenvalue weighted by Crippen LogP contribution is -2.53. The van der Waals surface area contributed by atoms with Crippen LogP contribution in [-0.4, -0.2) is 27.8 Å². The summed E-state index contributed by atoms with van der Waals surface area (Å²) in [5.41, 5.74) is 6.07. The summed E-state index contributed by atoms with van der Waals surface area (Å²) in [6.45, 7) is 7.72. The number of nitrogens with zero attached hydrogens (tertiary/aromatic N) is 2. The predicted molar refractivity (Wildman–Crippen MR) is 76.7 cm³/mol. The van der Waals surface area contributed by atoms with Gasteiger partial charge in [-0.25, -0.2) is 0 Å². The number of hydrogen-bond donors (Lipinski definition) is 2. The van der Waals surface area contributed by atoms with Gasteiger partial charge >= 0.3 is 0 Å². The van der Waals surface area contributed by atoms with Crippen molar-refractivity contribution in [2.45, 2.75) is 58.5 Å². The zero-order valence-corrected chi connectivity index (χ0v) is 12.3. The van der Waals surface area contributed by atoms with Crippen LogP contribution in [0.3, 0.4) is 0 Å². The van der Waals surface area contributed by atoms with E-state index in [1.54, 1.807) is 0 Å². The highest BCUT2D eigenvalue weighted by atomic mass is 16.1. The number of carbonyl (C=O) groups is 1. The second-order valence-electron chi connectivity index (χ2n) is 5.28. The first-order chi connectivity index (χ1) is 8.99. The fraction of sp³-hybridized carbons (Fsp3) is 0.714. The lowest BCUT2D eigenvalue weighted by molar-refractivity contribution is -0.124. The summed E-state index contributed by atoms with van der Waals surface area (Å²) in [7, 11) is 0. The van der Waals surface area contributed by atoms with Gasteiger partial charge in [-0.15, -0.1) is 0 Å². The van der Waals surface area contributed by atoms with Gasteiger partial charge in [-0.05, 0) is 52.1 Å². The van der Waals surface area contributed by atoms with Crippen LogP contribution in [0.15, 0.2) is 12.3 Å². The van der Waals surface area contributed by atoms with E-state index in [1.807, 2.05) is 30.8 Å².